The van der Waals surface area contributed by atoms with Gasteiger partial charge in [-0.25, -0.2) is 4.98 Å². The van der Waals surface area contributed by atoms with E-state index >= 15 is 0 Å². The molecule has 5 heteroatoms. The molecule has 1 aliphatic heterocycles. The van der Waals surface area contributed by atoms with Gasteiger partial charge in [0.05, 0.1) is 29.6 Å². The van der Waals surface area contributed by atoms with Crippen LogP contribution in [0.25, 0.3) is 11.3 Å². The van der Waals surface area contributed by atoms with Crippen LogP contribution in [0.1, 0.15) is 42.7 Å². The molecule has 0 N–H and O–H groups in total. The van der Waals surface area contributed by atoms with Crippen molar-refractivity contribution < 1.29 is 4.79 Å². The van der Waals surface area contributed by atoms with Crippen molar-refractivity contribution in [1.29, 1.82) is 5.26 Å². The monoisotopic (exact) mass is 320 g/mol. The Hall–Kier alpha value is -2.74. The van der Waals surface area contributed by atoms with Gasteiger partial charge in [-0.1, -0.05) is 24.3 Å². The van der Waals surface area contributed by atoms with Crippen molar-refractivity contribution in [1.82, 2.24) is 14.9 Å². The molecule has 122 valence electrons. The van der Waals surface area contributed by atoms with Crippen LogP contribution in [0, 0.1) is 11.3 Å². The molecule has 0 saturated carbocycles. The molecular formula is C19H20N4O. The second-order valence-electron chi connectivity index (χ2n) is 6.60. The van der Waals surface area contributed by atoms with Crippen molar-refractivity contribution in [2.75, 3.05) is 13.1 Å². The molecule has 2 heterocycles. The van der Waals surface area contributed by atoms with Crippen LogP contribution in [0.3, 0.4) is 0 Å². The highest BCUT2D eigenvalue weighted by Crippen LogP contribution is 2.25. The largest absolute Gasteiger partial charge is 0.337 e. The highest BCUT2D eigenvalue weighted by molar-refractivity contribution is 5.92. The molecule has 0 atom stereocenters. The lowest BCUT2D eigenvalue weighted by Crippen LogP contribution is -2.28. The number of aromatic nitrogens is 2. The highest BCUT2D eigenvalue weighted by atomic mass is 16.2. The fourth-order valence-electron chi connectivity index (χ4n) is 2.81. The number of nitriles is 1. The number of carbonyl (C=O) groups excluding carboxylic acids is 1. The lowest BCUT2D eigenvalue weighted by molar-refractivity contribution is 0.0786. The van der Waals surface area contributed by atoms with Gasteiger partial charge in [-0.15, -0.1) is 0 Å². The molecule has 5 nitrogen and oxygen atoms in total. The number of hydrogen-bond acceptors (Lipinski definition) is 4. The van der Waals surface area contributed by atoms with Gasteiger partial charge < -0.3 is 4.90 Å². The van der Waals surface area contributed by atoms with Crippen molar-refractivity contribution in [2.24, 2.45) is 0 Å². The highest BCUT2D eigenvalue weighted by Gasteiger charge is 2.22. The number of benzene rings is 1. The van der Waals surface area contributed by atoms with Crippen LogP contribution >= 0.6 is 0 Å². The summed E-state index contributed by atoms with van der Waals surface area (Å²) >= 11 is 0. The molecule has 24 heavy (non-hydrogen) atoms. The summed E-state index contributed by atoms with van der Waals surface area (Å²) in [6.45, 7) is 5.36. The van der Waals surface area contributed by atoms with Gasteiger partial charge in [0.2, 0.25) is 0 Å². The number of carbonyl (C=O) groups is 1. The second kappa shape index (κ2) is 6.40. The minimum absolute atomic E-state index is 0.0518. The molecule has 0 radical (unpaired) electrons. The summed E-state index contributed by atoms with van der Waals surface area (Å²) in [5.74, 6) is -0.0518. The van der Waals surface area contributed by atoms with E-state index in [2.05, 4.69) is 16.0 Å². The molecule has 1 aromatic heterocycles. The van der Waals surface area contributed by atoms with Crippen molar-refractivity contribution in [3.8, 4) is 17.3 Å². The zero-order valence-electron chi connectivity index (χ0n) is 14.0. The maximum atomic E-state index is 12.4. The van der Waals surface area contributed by atoms with Crippen LogP contribution in [0.15, 0.2) is 36.7 Å². The fourth-order valence-corrected chi connectivity index (χ4v) is 2.81. The summed E-state index contributed by atoms with van der Waals surface area (Å²) in [6.07, 6.45) is 5.28. The Labute approximate surface area is 142 Å². The van der Waals surface area contributed by atoms with Crippen LogP contribution in [0.4, 0.5) is 0 Å². The maximum absolute atomic E-state index is 12.4. The van der Waals surface area contributed by atoms with E-state index in [-0.39, 0.29) is 5.91 Å². The van der Waals surface area contributed by atoms with Crippen LogP contribution in [0.2, 0.25) is 0 Å². The first kappa shape index (κ1) is 16.1. The molecule has 1 saturated heterocycles. The number of rotatable bonds is 3. The van der Waals surface area contributed by atoms with E-state index in [1.807, 2.05) is 43.0 Å². The average molecular weight is 320 g/mol. The molecular weight excluding hydrogens is 300 g/mol. The van der Waals surface area contributed by atoms with E-state index < -0.39 is 5.41 Å². The summed E-state index contributed by atoms with van der Waals surface area (Å²) in [7, 11) is 0. The molecule has 1 aliphatic rings. The Bertz CT molecular complexity index is 784. The van der Waals surface area contributed by atoms with Crippen LogP contribution in [0.5, 0.6) is 0 Å². The van der Waals surface area contributed by atoms with Gasteiger partial charge in [-0.3, -0.25) is 9.78 Å². The Morgan fingerprint density at radius 3 is 2.46 bits per heavy atom. The fraction of sp³-hybridized carbons (Fsp3) is 0.368. The summed E-state index contributed by atoms with van der Waals surface area (Å²) in [6, 6.07) is 9.98. The van der Waals surface area contributed by atoms with Crippen molar-refractivity contribution in [3.05, 3.63) is 47.9 Å². The Morgan fingerprint density at radius 1 is 1.17 bits per heavy atom. The van der Waals surface area contributed by atoms with E-state index in [0.29, 0.717) is 11.4 Å². The van der Waals surface area contributed by atoms with E-state index in [4.69, 9.17) is 0 Å². The summed E-state index contributed by atoms with van der Waals surface area (Å²) in [4.78, 5) is 22.9. The third-order valence-corrected chi connectivity index (χ3v) is 4.43. The predicted octanol–water partition coefficient (Wildman–Crippen LogP) is 3.18. The minimum Gasteiger partial charge on any atom is -0.337 e. The minimum atomic E-state index is -0.530. The number of nitrogens with zero attached hydrogens (tertiary/aromatic N) is 4. The first-order valence-electron chi connectivity index (χ1n) is 8.15. The number of likely N-dealkylation sites (tertiary alicyclic amines) is 1. The number of amides is 1. The second-order valence-corrected chi connectivity index (χ2v) is 6.60. The topological polar surface area (TPSA) is 69.9 Å². The zero-order valence-corrected chi connectivity index (χ0v) is 14.0. The standard InChI is InChI=1S/C19H20N4O/c1-19(2,13-20)15-7-5-14(6-8-15)16-11-21-12-17(22-16)18(24)23-9-3-4-10-23/h5-8,11-12H,3-4,9-10H2,1-2H3. The Balaban J connectivity index is 1.86. The van der Waals surface area contributed by atoms with Crippen LogP contribution in [-0.4, -0.2) is 33.9 Å². The smallest absolute Gasteiger partial charge is 0.274 e. The van der Waals surface area contributed by atoms with E-state index in [9.17, 15) is 10.1 Å². The Morgan fingerprint density at radius 2 is 1.83 bits per heavy atom. The lowest BCUT2D eigenvalue weighted by Gasteiger charge is -2.16. The molecule has 0 bridgehead atoms. The van der Waals surface area contributed by atoms with Gasteiger partial charge in [0.15, 0.2) is 0 Å². The molecule has 0 spiro atoms. The third-order valence-electron chi connectivity index (χ3n) is 4.43. The predicted molar refractivity (Wildman–Crippen MR) is 91.2 cm³/mol. The molecule has 0 aliphatic carbocycles. The number of hydrogen-bond donors (Lipinski definition) is 0. The zero-order chi connectivity index (χ0) is 17.2. The summed E-state index contributed by atoms with van der Waals surface area (Å²) in [5, 5.41) is 9.22. The van der Waals surface area contributed by atoms with Gasteiger partial charge in [0, 0.05) is 18.7 Å². The Kier molecular flexibility index (Phi) is 4.30. The van der Waals surface area contributed by atoms with Gasteiger partial charge >= 0.3 is 0 Å². The lowest BCUT2D eigenvalue weighted by atomic mass is 9.86. The van der Waals surface area contributed by atoms with Crippen LogP contribution < -0.4 is 0 Å². The van der Waals surface area contributed by atoms with Gasteiger partial charge in [-0.2, -0.15) is 5.26 Å². The van der Waals surface area contributed by atoms with Gasteiger partial charge in [0.25, 0.3) is 5.91 Å². The van der Waals surface area contributed by atoms with Crippen molar-refractivity contribution in [3.63, 3.8) is 0 Å². The molecule has 1 aromatic carbocycles. The van der Waals surface area contributed by atoms with Gasteiger partial charge in [0.1, 0.15) is 5.69 Å². The van der Waals surface area contributed by atoms with E-state index in [0.717, 1.165) is 37.1 Å². The quantitative estimate of drug-likeness (QED) is 0.871. The third kappa shape index (κ3) is 3.13. The average Bonchev–Trinajstić information content (AvgIpc) is 3.16. The molecule has 2 aromatic rings. The van der Waals surface area contributed by atoms with Gasteiger partial charge in [-0.05, 0) is 32.3 Å². The first-order valence-corrected chi connectivity index (χ1v) is 8.15. The SMILES string of the molecule is CC(C)(C#N)c1ccc(-c2cncc(C(=O)N3CCCC3)n2)cc1. The first-order chi connectivity index (χ1) is 11.5. The van der Waals surface area contributed by atoms with E-state index in [1.165, 1.54) is 6.20 Å². The summed E-state index contributed by atoms with van der Waals surface area (Å²) in [5.41, 5.74) is 2.36. The molecule has 1 amide bonds. The van der Waals surface area contributed by atoms with Crippen LogP contribution in [-0.2, 0) is 5.41 Å². The maximum Gasteiger partial charge on any atom is 0.274 e. The van der Waals surface area contributed by atoms with Crippen molar-refractivity contribution in [2.45, 2.75) is 32.1 Å². The van der Waals surface area contributed by atoms with E-state index in [1.54, 1.807) is 6.20 Å². The molecule has 1 fully saturated rings. The summed E-state index contributed by atoms with van der Waals surface area (Å²) < 4.78 is 0. The normalized spacial score (nSPS) is 14.5. The molecule has 3 rings (SSSR count). The van der Waals surface area contributed by atoms with Crippen molar-refractivity contribution >= 4 is 5.91 Å². The molecule has 0 unspecified atom stereocenters.